The third kappa shape index (κ3) is 2.25. The molecule has 6 heteroatoms. The van der Waals surface area contributed by atoms with Gasteiger partial charge in [-0.2, -0.15) is 13.2 Å². The summed E-state index contributed by atoms with van der Waals surface area (Å²) in [6, 6.07) is 0. The Morgan fingerprint density at radius 1 is 1.36 bits per heavy atom. The van der Waals surface area contributed by atoms with Gasteiger partial charge >= 0.3 is 6.18 Å². The first-order valence-electron chi connectivity index (χ1n) is 3.99. The summed E-state index contributed by atoms with van der Waals surface area (Å²) in [4.78, 5) is 1.72. The molecule has 0 spiro atoms. The Morgan fingerprint density at radius 2 is 1.93 bits per heavy atom. The summed E-state index contributed by atoms with van der Waals surface area (Å²) in [7, 11) is 3.49. The van der Waals surface area contributed by atoms with Gasteiger partial charge in [-0.05, 0) is 21.0 Å². The first-order chi connectivity index (χ1) is 6.32. The van der Waals surface area contributed by atoms with Crippen LogP contribution in [0.1, 0.15) is 17.0 Å². The number of nitrogens with zero attached hydrogens (tertiary/aromatic N) is 2. The smallest absolute Gasteiger partial charge is 0.359 e. The maximum absolute atomic E-state index is 12.3. The van der Waals surface area contributed by atoms with Crippen molar-refractivity contribution in [1.82, 2.24) is 10.1 Å². The van der Waals surface area contributed by atoms with E-state index in [9.17, 15) is 13.2 Å². The van der Waals surface area contributed by atoms with Gasteiger partial charge in [0.1, 0.15) is 0 Å². The van der Waals surface area contributed by atoms with Crippen molar-refractivity contribution in [3.8, 4) is 0 Å². The number of rotatable bonds is 2. The second-order valence-electron chi connectivity index (χ2n) is 3.31. The minimum Gasteiger partial charge on any atom is -0.359 e. The number of hydrogen-bond acceptors (Lipinski definition) is 3. The molecular weight excluding hydrogens is 197 g/mol. The summed E-state index contributed by atoms with van der Waals surface area (Å²) in [6.07, 6.45) is -4.43. The SMILES string of the molecule is Cc1c(C(F)(F)F)noc1CN(C)C. The van der Waals surface area contributed by atoms with Crippen LogP contribution in [-0.4, -0.2) is 24.2 Å². The van der Waals surface area contributed by atoms with Crippen LogP contribution in [0.25, 0.3) is 0 Å². The zero-order valence-corrected chi connectivity index (χ0v) is 8.14. The van der Waals surface area contributed by atoms with E-state index in [1.54, 1.807) is 19.0 Å². The molecule has 0 bridgehead atoms. The molecule has 14 heavy (non-hydrogen) atoms. The van der Waals surface area contributed by atoms with Gasteiger partial charge in [0.25, 0.3) is 0 Å². The molecule has 0 fully saturated rings. The summed E-state index contributed by atoms with van der Waals surface area (Å²) in [5, 5.41) is 3.01. The lowest BCUT2D eigenvalue weighted by atomic mass is 10.2. The fourth-order valence-corrected chi connectivity index (χ4v) is 1.07. The van der Waals surface area contributed by atoms with Crippen LogP contribution in [0.15, 0.2) is 4.52 Å². The third-order valence-electron chi connectivity index (χ3n) is 1.75. The average Bonchev–Trinajstić information content (AvgIpc) is 2.30. The van der Waals surface area contributed by atoms with E-state index in [1.807, 2.05) is 0 Å². The van der Waals surface area contributed by atoms with E-state index in [4.69, 9.17) is 0 Å². The summed E-state index contributed by atoms with van der Waals surface area (Å²) in [6.45, 7) is 1.67. The molecule has 0 N–H and O–H groups in total. The minimum atomic E-state index is -4.43. The molecule has 1 heterocycles. The Labute approximate surface area is 79.5 Å². The van der Waals surface area contributed by atoms with E-state index in [2.05, 4.69) is 9.68 Å². The summed E-state index contributed by atoms with van der Waals surface area (Å²) < 4.78 is 41.4. The zero-order valence-electron chi connectivity index (χ0n) is 8.14. The first-order valence-corrected chi connectivity index (χ1v) is 3.99. The first kappa shape index (κ1) is 11.0. The lowest BCUT2D eigenvalue weighted by Crippen LogP contribution is -2.12. The molecule has 0 aliphatic rings. The molecule has 0 radical (unpaired) electrons. The highest BCUT2D eigenvalue weighted by Gasteiger charge is 2.37. The molecule has 0 amide bonds. The Kier molecular flexibility index (Phi) is 2.84. The molecule has 0 unspecified atom stereocenters. The standard InChI is InChI=1S/C8H11F3N2O/c1-5-6(4-13(2)3)14-12-7(5)8(9,10)11/h4H2,1-3H3. The van der Waals surface area contributed by atoms with Gasteiger partial charge in [0.2, 0.25) is 0 Å². The van der Waals surface area contributed by atoms with Gasteiger partial charge in [-0.25, -0.2) is 0 Å². The zero-order chi connectivity index (χ0) is 10.9. The third-order valence-corrected chi connectivity index (χ3v) is 1.75. The average molecular weight is 208 g/mol. The molecule has 1 aromatic rings. The lowest BCUT2D eigenvalue weighted by Gasteiger charge is -2.06. The van der Waals surface area contributed by atoms with Crippen molar-refractivity contribution in [3.63, 3.8) is 0 Å². The van der Waals surface area contributed by atoms with E-state index < -0.39 is 11.9 Å². The van der Waals surface area contributed by atoms with E-state index in [-0.39, 0.29) is 11.3 Å². The number of hydrogen-bond donors (Lipinski definition) is 0. The van der Waals surface area contributed by atoms with Crippen molar-refractivity contribution in [2.75, 3.05) is 14.1 Å². The fourth-order valence-electron chi connectivity index (χ4n) is 1.07. The van der Waals surface area contributed by atoms with E-state index in [0.717, 1.165) is 0 Å². The molecule has 0 saturated heterocycles. The van der Waals surface area contributed by atoms with Crippen molar-refractivity contribution >= 4 is 0 Å². The molecule has 1 aromatic heterocycles. The van der Waals surface area contributed by atoms with Crippen molar-refractivity contribution in [1.29, 1.82) is 0 Å². The molecule has 1 rings (SSSR count). The summed E-state index contributed by atoms with van der Waals surface area (Å²) in [5.41, 5.74) is -0.874. The van der Waals surface area contributed by atoms with Gasteiger partial charge in [-0.1, -0.05) is 5.16 Å². The fraction of sp³-hybridized carbons (Fsp3) is 0.625. The van der Waals surface area contributed by atoms with Crippen LogP contribution < -0.4 is 0 Å². The highest BCUT2D eigenvalue weighted by Crippen LogP contribution is 2.32. The molecule has 0 atom stereocenters. The van der Waals surface area contributed by atoms with Gasteiger partial charge in [0, 0.05) is 5.56 Å². The van der Waals surface area contributed by atoms with Crippen molar-refractivity contribution in [3.05, 3.63) is 17.0 Å². The Balaban J connectivity index is 2.97. The number of aromatic nitrogens is 1. The minimum absolute atomic E-state index is 0.0613. The predicted molar refractivity (Wildman–Crippen MR) is 43.6 cm³/mol. The van der Waals surface area contributed by atoms with Gasteiger partial charge in [-0.15, -0.1) is 0 Å². The Bertz CT molecular complexity index is 317. The Hall–Kier alpha value is -1.04. The maximum atomic E-state index is 12.3. The molecule has 0 saturated carbocycles. The lowest BCUT2D eigenvalue weighted by molar-refractivity contribution is -0.143. The van der Waals surface area contributed by atoms with E-state index in [0.29, 0.717) is 6.54 Å². The summed E-state index contributed by atoms with van der Waals surface area (Å²) >= 11 is 0. The largest absolute Gasteiger partial charge is 0.437 e. The second kappa shape index (κ2) is 3.61. The molecule has 3 nitrogen and oxygen atoms in total. The number of halogens is 3. The maximum Gasteiger partial charge on any atom is 0.437 e. The quantitative estimate of drug-likeness (QED) is 0.745. The van der Waals surface area contributed by atoms with Crippen LogP contribution >= 0.6 is 0 Å². The van der Waals surface area contributed by atoms with Crippen LogP contribution in [0.3, 0.4) is 0 Å². The molecule has 0 aliphatic heterocycles. The normalized spacial score (nSPS) is 12.5. The summed E-state index contributed by atoms with van der Waals surface area (Å²) in [5.74, 6) is 0.252. The van der Waals surface area contributed by atoms with Crippen molar-refractivity contribution in [2.45, 2.75) is 19.6 Å². The van der Waals surface area contributed by atoms with Crippen molar-refractivity contribution < 1.29 is 17.7 Å². The van der Waals surface area contributed by atoms with Crippen molar-refractivity contribution in [2.24, 2.45) is 0 Å². The van der Waals surface area contributed by atoms with Gasteiger partial charge in [0.05, 0.1) is 6.54 Å². The highest BCUT2D eigenvalue weighted by atomic mass is 19.4. The predicted octanol–water partition coefficient (Wildman–Crippen LogP) is 2.06. The molecule has 0 aliphatic carbocycles. The van der Waals surface area contributed by atoms with E-state index in [1.165, 1.54) is 6.92 Å². The molecular formula is C8H11F3N2O. The van der Waals surface area contributed by atoms with Gasteiger partial charge in [-0.3, -0.25) is 0 Å². The van der Waals surface area contributed by atoms with Crippen LogP contribution in [-0.2, 0) is 12.7 Å². The van der Waals surface area contributed by atoms with Crippen LogP contribution in [0.4, 0.5) is 13.2 Å². The number of alkyl halides is 3. The molecule has 80 valence electrons. The highest BCUT2D eigenvalue weighted by molar-refractivity contribution is 5.23. The molecule has 0 aromatic carbocycles. The van der Waals surface area contributed by atoms with Crippen LogP contribution in [0.5, 0.6) is 0 Å². The van der Waals surface area contributed by atoms with Crippen LogP contribution in [0, 0.1) is 6.92 Å². The second-order valence-corrected chi connectivity index (χ2v) is 3.31. The monoisotopic (exact) mass is 208 g/mol. The topological polar surface area (TPSA) is 29.3 Å². The van der Waals surface area contributed by atoms with Gasteiger partial charge in [0.15, 0.2) is 11.5 Å². The Morgan fingerprint density at radius 3 is 2.29 bits per heavy atom. The van der Waals surface area contributed by atoms with E-state index >= 15 is 0 Å². The van der Waals surface area contributed by atoms with Gasteiger partial charge < -0.3 is 9.42 Å². The van der Waals surface area contributed by atoms with Crippen LogP contribution in [0.2, 0.25) is 0 Å².